The summed E-state index contributed by atoms with van der Waals surface area (Å²) in [7, 11) is 1.66. The zero-order valence-corrected chi connectivity index (χ0v) is 12.5. The van der Waals surface area contributed by atoms with E-state index < -0.39 is 11.7 Å². The van der Waals surface area contributed by atoms with E-state index in [4.69, 9.17) is 11.6 Å². The summed E-state index contributed by atoms with van der Waals surface area (Å²) in [5.41, 5.74) is 1.99. The molecule has 21 heavy (non-hydrogen) atoms. The number of hydrogen-bond donors (Lipinski definition) is 0. The van der Waals surface area contributed by atoms with E-state index >= 15 is 0 Å². The number of alkyl halides is 3. The first-order valence-electron chi connectivity index (χ1n) is 6.23. The molecule has 0 aliphatic heterocycles. The first-order valence-corrected chi connectivity index (χ1v) is 6.61. The van der Waals surface area contributed by atoms with E-state index in [1.807, 2.05) is 32.0 Å². The molecule has 0 saturated heterocycles. The molecule has 0 amide bonds. The highest BCUT2D eigenvalue weighted by atomic mass is 35.5. The number of aryl methyl sites for hydroxylation is 2. The van der Waals surface area contributed by atoms with Gasteiger partial charge in [0, 0.05) is 12.7 Å². The lowest BCUT2D eigenvalue weighted by Gasteiger charge is -2.21. The van der Waals surface area contributed by atoms with Crippen LogP contribution in [0.2, 0.25) is 5.15 Å². The van der Waals surface area contributed by atoms with Crippen LogP contribution in [0.5, 0.6) is 0 Å². The Labute approximate surface area is 126 Å². The van der Waals surface area contributed by atoms with E-state index in [0.29, 0.717) is 0 Å². The number of anilines is 2. The van der Waals surface area contributed by atoms with Gasteiger partial charge in [-0.15, -0.1) is 0 Å². The number of rotatable bonds is 2. The van der Waals surface area contributed by atoms with Crippen LogP contribution in [-0.4, -0.2) is 12.0 Å². The molecule has 0 N–H and O–H groups in total. The van der Waals surface area contributed by atoms with Gasteiger partial charge in [0.25, 0.3) is 0 Å². The van der Waals surface area contributed by atoms with Crippen LogP contribution in [0.15, 0.2) is 30.3 Å². The maximum Gasteiger partial charge on any atom is 0.416 e. The number of hydrogen-bond acceptors (Lipinski definition) is 2. The molecular weight excluding hydrogens is 301 g/mol. The Kier molecular flexibility index (Phi) is 4.14. The summed E-state index contributed by atoms with van der Waals surface area (Å²) in [6.45, 7) is 3.85. The zero-order valence-electron chi connectivity index (χ0n) is 11.8. The van der Waals surface area contributed by atoms with Gasteiger partial charge in [-0.2, -0.15) is 13.2 Å². The number of benzene rings is 1. The molecule has 0 spiro atoms. The Morgan fingerprint density at radius 3 is 2.10 bits per heavy atom. The van der Waals surface area contributed by atoms with Crippen LogP contribution in [0.3, 0.4) is 0 Å². The third kappa shape index (κ3) is 3.67. The van der Waals surface area contributed by atoms with Crippen LogP contribution in [0.4, 0.5) is 24.7 Å². The minimum atomic E-state index is -4.45. The van der Waals surface area contributed by atoms with Gasteiger partial charge >= 0.3 is 6.18 Å². The van der Waals surface area contributed by atoms with Gasteiger partial charge in [0.1, 0.15) is 11.0 Å². The van der Waals surface area contributed by atoms with Crippen LogP contribution >= 0.6 is 11.6 Å². The van der Waals surface area contributed by atoms with E-state index in [1.54, 1.807) is 11.9 Å². The molecule has 2 aromatic rings. The molecule has 2 nitrogen and oxygen atoms in total. The molecule has 112 valence electrons. The minimum Gasteiger partial charge on any atom is -0.329 e. The maximum atomic E-state index is 12.8. The summed E-state index contributed by atoms with van der Waals surface area (Å²) >= 11 is 5.71. The molecule has 2 rings (SSSR count). The van der Waals surface area contributed by atoms with Gasteiger partial charge in [-0.3, -0.25) is 0 Å². The molecule has 0 aliphatic rings. The second-order valence-corrected chi connectivity index (χ2v) is 5.33. The van der Waals surface area contributed by atoms with Crippen LogP contribution in [0.25, 0.3) is 0 Å². The topological polar surface area (TPSA) is 16.1 Å². The highest BCUT2D eigenvalue weighted by molar-refractivity contribution is 6.29. The van der Waals surface area contributed by atoms with Gasteiger partial charge in [-0.25, -0.2) is 4.98 Å². The van der Waals surface area contributed by atoms with Crippen LogP contribution in [0, 0.1) is 13.8 Å². The fourth-order valence-electron chi connectivity index (χ4n) is 2.10. The van der Waals surface area contributed by atoms with Gasteiger partial charge in [0.2, 0.25) is 0 Å². The van der Waals surface area contributed by atoms with Gasteiger partial charge < -0.3 is 4.90 Å². The van der Waals surface area contributed by atoms with Crippen molar-refractivity contribution in [1.29, 1.82) is 0 Å². The second kappa shape index (κ2) is 5.56. The predicted molar refractivity (Wildman–Crippen MR) is 78.2 cm³/mol. The molecule has 1 heterocycles. The van der Waals surface area contributed by atoms with Gasteiger partial charge in [0.15, 0.2) is 0 Å². The average molecular weight is 315 g/mol. The monoisotopic (exact) mass is 314 g/mol. The van der Waals surface area contributed by atoms with Crippen molar-refractivity contribution in [3.63, 3.8) is 0 Å². The second-order valence-electron chi connectivity index (χ2n) is 4.94. The van der Waals surface area contributed by atoms with Crippen LogP contribution in [-0.2, 0) is 6.18 Å². The van der Waals surface area contributed by atoms with Crippen molar-refractivity contribution in [2.45, 2.75) is 20.0 Å². The highest BCUT2D eigenvalue weighted by Gasteiger charge is 2.32. The normalized spacial score (nSPS) is 11.6. The molecule has 0 unspecified atom stereocenters. The van der Waals surface area contributed by atoms with Crippen LogP contribution < -0.4 is 4.90 Å². The van der Waals surface area contributed by atoms with Gasteiger partial charge in [-0.1, -0.05) is 17.7 Å². The summed E-state index contributed by atoms with van der Waals surface area (Å²) in [5.74, 6) is 0.153. The van der Waals surface area contributed by atoms with E-state index in [-0.39, 0.29) is 11.0 Å². The molecule has 0 bridgehead atoms. The van der Waals surface area contributed by atoms with Gasteiger partial charge in [-0.05, 0) is 49.2 Å². The third-order valence-electron chi connectivity index (χ3n) is 3.05. The standard InChI is InChI=1S/C15H14ClF3N2/c1-9-4-10(2)6-12(5-9)21(3)14-8-11(15(17,18)19)7-13(16)20-14/h4-8H,1-3H3. The Balaban J connectivity index is 2.48. The van der Waals surface area contributed by atoms with Gasteiger partial charge in [0.05, 0.1) is 5.56 Å². The van der Waals surface area contributed by atoms with Crippen molar-refractivity contribution >= 4 is 23.1 Å². The van der Waals surface area contributed by atoms with Crippen molar-refractivity contribution in [1.82, 2.24) is 4.98 Å². The largest absolute Gasteiger partial charge is 0.416 e. The first-order chi connectivity index (χ1) is 9.66. The minimum absolute atomic E-state index is 0.153. The average Bonchev–Trinajstić information content (AvgIpc) is 2.35. The molecule has 1 aromatic carbocycles. The van der Waals surface area contributed by atoms with Crippen molar-refractivity contribution < 1.29 is 13.2 Å². The molecule has 0 saturated carbocycles. The van der Waals surface area contributed by atoms with Crippen LogP contribution in [0.1, 0.15) is 16.7 Å². The van der Waals surface area contributed by atoms with Crippen molar-refractivity contribution in [2.75, 3.05) is 11.9 Å². The summed E-state index contributed by atoms with van der Waals surface area (Å²) in [6.07, 6.45) is -4.45. The molecule has 0 atom stereocenters. The Hall–Kier alpha value is -1.75. The van der Waals surface area contributed by atoms with E-state index in [1.165, 1.54) is 0 Å². The van der Waals surface area contributed by atoms with Crippen molar-refractivity contribution in [3.8, 4) is 0 Å². The smallest absolute Gasteiger partial charge is 0.329 e. The predicted octanol–water partition coefficient (Wildman–Crippen LogP) is 5.14. The van der Waals surface area contributed by atoms with Crippen molar-refractivity contribution in [2.24, 2.45) is 0 Å². The lowest BCUT2D eigenvalue weighted by molar-refractivity contribution is -0.137. The quantitative estimate of drug-likeness (QED) is 0.714. The highest BCUT2D eigenvalue weighted by Crippen LogP contribution is 2.34. The van der Waals surface area contributed by atoms with E-state index in [9.17, 15) is 13.2 Å². The molecule has 6 heteroatoms. The van der Waals surface area contributed by atoms with Crippen molar-refractivity contribution in [3.05, 3.63) is 52.2 Å². The lowest BCUT2D eigenvalue weighted by atomic mass is 10.1. The maximum absolute atomic E-state index is 12.8. The first kappa shape index (κ1) is 15.6. The third-order valence-corrected chi connectivity index (χ3v) is 3.24. The zero-order chi connectivity index (χ0) is 15.8. The number of nitrogens with zero attached hydrogens (tertiary/aromatic N) is 2. The SMILES string of the molecule is Cc1cc(C)cc(N(C)c2cc(C(F)(F)F)cc(Cl)n2)c1. The van der Waals surface area contributed by atoms with E-state index in [2.05, 4.69) is 4.98 Å². The summed E-state index contributed by atoms with van der Waals surface area (Å²) in [4.78, 5) is 5.56. The molecule has 0 aliphatic carbocycles. The Morgan fingerprint density at radius 1 is 1.00 bits per heavy atom. The number of pyridine rings is 1. The fraction of sp³-hybridized carbons (Fsp3) is 0.267. The number of halogens is 4. The Bertz CT molecular complexity index is 648. The fourth-order valence-corrected chi connectivity index (χ4v) is 2.30. The molecule has 0 fully saturated rings. The molecule has 0 radical (unpaired) electrons. The number of aromatic nitrogens is 1. The van der Waals surface area contributed by atoms with E-state index in [0.717, 1.165) is 28.9 Å². The Morgan fingerprint density at radius 2 is 1.57 bits per heavy atom. The molecule has 1 aromatic heterocycles. The molecular formula is C15H14ClF3N2. The summed E-state index contributed by atoms with van der Waals surface area (Å²) < 4.78 is 38.5. The summed E-state index contributed by atoms with van der Waals surface area (Å²) in [5, 5.41) is -0.184. The summed E-state index contributed by atoms with van der Waals surface area (Å²) in [6, 6.07) is 7.56. The lowest BCUT2D eigenvalue weighted by Crippen LogP contribution is -2.14.